The lowest BCUT2D eigenvalue weighted by molar-refractivity contribution is -0.167. The minimum Gasteiger partial charge on any atom is -0.459 e. The van der Waals surface area contributed by atoms with Gasteiger partial charge in [0.25, 0.3) is 0 Å². The number of esters is 1. The number of benzene rings is 1. The van der Waals surface area contributed by atoms with Crippen molar-refractivity contribution in [1.82, 2.24) is 0 Å². The number of anilines is 1. The van der Waals surface area contributed by atoms with Crippen LogP contribution in [0.3, 0.4) is 0 Å². The summed E-state index contributed by atoms with van der Waals surface area (Å²) in [4.78, 5) is 26.9. The molecule has 0 N–H and O–H groups in total. The summed E-state index contributed by atoms with van der Waals surface area (Å²) in [5, 5.41) is 0. The standard InChI is InChI=1S/C25H41NO3/c1-17(16-25(9,10)29-22(28)24(6,7)8)19-12-14-20(15-13-19)26(11)18(2)21(27)23(3,4)5/h12-15,17-18H,16H2,1-11H3. The van der Waals surface area contributed by atoms with Gasteiger partial charge in [-0.3, -0.25) is 9.59 Å². The minimum absolute atomic E-state index is 0.177. The summed E-state index contributed by atoms with van der Waals surface area (Å²) in [7, 11) is 1.96. The number of ether oxygens (including phenoxy) is 1. The first kappa shape index (κ1) is 25.2. The summed E-state index contributed by atoms with van der Waals surface area (Å²) in [6, 6.07) is 8.15. The van der Waals surface area contributed by atoms with Gasteiger partial charge in [-0.05, 0) is 71.6 Å². The Morgan fingerprint density at radius 1 is 0.897 bits per heavy atom. The third-order valence-electron chi connectivity index (χ3n) is 5.35. The van der Waals surface area contributed by atoms with Crippen LogP contribution in [0.2, 0.25) is 0 Å². The van der Waals surface area contributed by atoms with E-state index in [1.165, 1.54) is 5.56 Å². The van der Waals surface area contributed by atoms with E-state index < -0.39 is 11.0 Å². The molecule has 29 heavy (non-hydrogen) atoms. The molecule has 0 aromatic heterocycles. The topological polar surface area (TPSA) is 46.6 Å². The van der Waals surface area contributed by atoms with Crippen molar-refractivity contribution in [2.24, 2.45) is 10.8 Å². The third kappa shape index (κ3) is 7.17. The van der Waals surface area contributed by atoms with Crippen molar-refractivity contribution in [3.63, 3.8) is 0 Å². The van der Waals surface area contributed by atoms with Crippen molar-refractivity contribution in [3.05, 3.63) is 29.8 Å². The quantitative estimate of drug-likeness (QED) is 0.525. The van der Waals surface area contributed by atoms with Crippen LogP contribution in [0.4, 0.5) is 5.69 Å². The van der Waals surface area contributed by atoms with E-state index in [1.807, 2.05) is 74.3 Å². The van der Waals surface area contributed by atoms with Crippen molar-refractivity contribution in [1.29, 1.82) is 0 Å². The average Bonchev–Trinajstić information content (AvgIpc) is 2.57. The zero-order chi connectivity index (χ0) is 22.8. The fourth-order valence-electron chi connectivity index (χ4n) is 3.37. The molecule has 4 nitrogen and oxygen atoms in total. The Bertz CT molecular complexity index is 705. The molecule has 1 aromatic carbocycles. The molecule has 0 saturated carbocycles. The van der Waals surface area contributed by atoms with Crippen LogP contribution in [0.5, 0.6) is 0 Å². The SMILES string of the molecule is CC(CC(C)(C)OC(=O)C(C)(C)C)c1ccc(N(C)C(C)C(=O)C(C)(C)C)cc1. The second-order valence-corrected chi connectivity index (χ2v) is 11.0. The van der Waals surface area contributed by atoms with E-state index in [2.05, 4.69) is 31.2 Å². The van der Waals surface area contributed by atoms with Crippen molar-refractivity contribution < 1.29 is 14.3 Å². The van der Waals surface area contributed by atoms with Gasteiger partial charge in [0.1, 0.15) is 5.60 Å². The summed E-state index contributed by atoms with van der Waals surface area (Å²) in [5.41, 5.74) is 0.806. The predicted molar refractivity (Wildman–Crippen MR) is 121 cm³/mol. The fraction of sp³-hybridized carbons (Fsp3) is 0.680. The van der Waals surface area contributed by atoms with Crippen LogP contribution in [0.1, 0.15) is 87.1 Å². The molecule has 2 unspecified atom stereocenters. The van der Waals surface area contributed by atoms with E-state index in [-0.39, 0.29) is 29.1 Å². The first-order valence-corrected chi connectivity index (χ1v) is 10.6. The Hall–Kier alpha value is -1.84. The fourth-order valence-corrected chi connectivity index (χ4v) is 3.37. The van der Waals surface area contributed by atoms with Gasteiger partial charge in [0.15, 0.2) is 5.78 Å². The summed E-state index contributed by atoms with van der Waals surface area (Å²) in [5.74, 6) is 0.287. The molecule has 164 valence electrons. The number of ketones is 1. The van der Waals surface area contributed by atoms with Crippen LogP contribution in [-0.2, 0) is 14.3 Å². The predicted octanol–water partition coefficient (Wildman–Crippen LogP) is 5.99. The molecule has 0 spiro atoms. The molecular weight excluding hydrogens is 362 g/mol. The lowest BCUT2D eigenvalue weighted by Crippen LogP contribution is -2.42. The van der Waals surface area contributed by atoms with E-state index in [1.54, 1.807) is 0 Å². The third-order valence-corrected chi connectivity index (χ3v) is 5.35. The first-order valence-electron chi connectivity index (χ1n) is 10.6. The Kier molecular flexibility index (Phi) is 7.72. The van der Waals surface area contributed by atoms with Crippen LogP contribution in [0, 0.1) is 10.8 Å². The van der Waals surface area contributed by atoms with Gasteiger partial charge in [-0.15, -0.1) is 0 Å². The van der Waals surface area contributed by atoms with Gasteiger partial charge in [-0.1, -0.05) is 39.8 Å². The summed E-state index contributed by atoms with van der Waals surface area (Å²) < 4.78 is 5.76. The lowest BCUT2D eigenvalue weighted by atomic mass is 9.86. The van der Waals surface area contributed by atoms with Crippen molar-refractivity contribution >= 4 is 17.4 Å². The molecule has 0 fully saturated rings. The van der Waals surface area contributed by atoms with Crippen molar-refractivity contribution in [2.45, 2.75) is 93.2 Å². The lowest BCUT2D eigenvalue weighted by Gasteiger charge is -2.32. The Labute approximate surface area is 178 Å². The highest BCUT2D eigenvalue weighted by Gasteiger charge is 2.32. The zero-order valence-electron chi connectivity index (χ0n) is 20.3. The maximum absolute atomic E-state index is 12.6. The highest BCUT2D eigenvalue weighted by atomic mass is 16.6. The molecule has 0 aliphatic rings. The smallest absolute Gasteiger partial charge is 0.311 e. The molecule has 0 aliphatic heterocycles. The number of nitrogens with zero attached hydrogens (tertiary/aromatic N) is 1. The van der Waals surface area contributed by atoms with Gasteiger partial charge in [0.2, 0.25) is 0 Å². The number of carbonyl (C=O) groups is 2. The molecule has 1 rings (SSSR count). The molecule has 0 radical (unpaired) electrons. The summed E-state index contributed by atoms with van der Waals surface area (Å²) in [6.45, 7) is 19.5. The molecule has 0 saturated heterocycles. The maximum Gasteiger partial charge on any atom is 0.311 e. The normalized spacial score (nSPS) is 14.9. The highest BCUT2D eigenvalue weighted by molar-refractivity contribution is 5.91. The van der Waals surface area contributed by atoms with Gasteiger partial charge >= 0.3 is 5.97 Å². The number of hydrogen-bond donors (Lipinski definition) is 0. The Balaban J connectivity index is 2.85. The van der Waals surface area contributed by atoms with Gasteiger partial charge < -0.3 is 9.64 Å². The maximum atomic E-state index is 12.6. The number of rotatable bonds is 7. The minimum atomic E-state index is -0.535. The number of likely N-dealkylation sites (N-methyl/N-ethyl adjacent to an activating group) is 1. The molecule has 1 aromatic rings. The van der Waals surface area contributed by atoms with E-state index in [9.17, 15) is 9.59 Å². The first-order chi connectivity index (χ1) is 13.0. The van der Waals surface area contributed by atoms with Crippen LogP contribution < -0.4 is 4.90 Å². The molecule has 0 heterocycles. The molecule has 2 atom stereocenters. The second-order valence-electron chi connectivity index (χ2n) is 11.0. The number of Topliss-reactive ketones (excluding diaryl/α,β-unsaturated/α-hetero) is 1. The molecule has 0 amide bonds. The van der Waals surface area contributed by atoms with Crippen molar-refractivity contribution in [2.75, 3.05) is 11.9 Å². The van der Waals surface area contributed by atoms with Crippen molar-refractivity contribution in [3.8, 4) is 0 Å². The average molecular weight is 404 g/mol. The van der Waals surface area contributed by atoms with Gasteiger partial charge in [0, 0.05) is 18.2 Å². The number of hydrogen-bond acceptors (Lipinski definition) is 4. The highest BCUT2D eigenvalue weighted by Crippen LogP contribution is 2.31. The molecule has 0 bridgehead atoms. The molecule has 0 aliphatic carbocycles. The van der Waals surface area contributed by atoms with Gasteiger partial charge in [0.05, 0.1) is 11.5 Å². The monoisotopic (exact) mass is 403 g/mol. The summed E-state index contributed by atoms with van der Waals surface area (Å²) >= 11 is 0. The van der Waals surface area contributed by atoms with E-state index in [4.69, 9.17) is 4.74 Å². The van der Waals surface area contributed by atoms with Crippen LogP contribution in [0.25, 0.3) is 0 Å². The van der Waals surface area contributed by atoms with E-state index in [0.717, 1.165) is 12.1 Å². The Morgan fingerprint density at radius 2 is 1.38 bits per heavy atom. The van der Waals surface area contributed by atoms with Crippen LogP contribution in [-0.4, -0.2) is 30.4 Å². The van der Waals surface area contributed by atoms with E-state index in [0.29, 0.717) is 0 Å². The van der Waals surface area contributed by atoms with Gasteiger partial charge in [-0.2, -0.15) is 0 Å². The van der Waals surface area contributed by atoms with Crippen LogP contribution >= 0.6 is 0 Å². The second kappa shape index (κ2) is 8.89. The van der Waals surface area contributed by atoms with E-state index >= 15 is 0 Å². The van der Waals surface area contributed by atoms with Gasteiger partial charge in [-0.25, -0.2) is 0 Å². The molecule has 4 heteroatoms. The summed E-state index contributed by atoms with van der Waals surface area (Å²) in [6.07, 6.45) is 0.739. The Morgan fingerprint density at radius 3 is 1.79 bits per heavy atom. The van der Waals surface area contributed by atoms with Crippen LogP contribution in [0.15, 0.2) is 24.3 Å². The largest absolute Gasteiger partial charge is 0.459 e. The molecular formula is C25H41NO3. The zero-order valence-corrected chi connectivity index (χ0v) is 20.3. The number of carbonyl (C=O) groups excluding carboxylic acids is 2.